The first kappa shape index (κ1) is 9.88. The largest absolute Gasteiger partial charge is 0.248 e. The van der Waals surface area contributed by atoms with Gasteiger partial charge in [-0.25, -0.2) is 0 Å². The van der Waals surface area contributed by atoms with Crippen LogP contribution in [0.4, 0.5) is 0 Å². The summed E-state index contributed by atoms with van der Waals surface area (Å²) in [5.74, 6) is 0.843. The smallest absolute Gasteiger partial charge is 0.146 e. The van der Waals surface area contributed by atoms with Gasteiger partial charge in [0.2, 0.25) is 6.69 Å². The highest BCUT2D eigenvalue weighted by molar-refractivity contribution is 7.44. The van der Waals surface area contributed by atoms with Crippen LogP contribution < -0.4 is 0 Å². The van der Waals surface area contributed by atoms with Crippen LogP contribution in [0.5, 0.6) is 0 Å². The topological polar surface area (TPSA) is 0 Å². The Hall–Kier alpha value is 0.797. The van der Waals surface area contributed by atoms with Crippen LogP contribution in [-0.4, -0.2) is 6.69 Å². The van der Waals surface area contributed by atoms with Gasteiger partial charge >= 0.3 is 0 Å². The van der Waals surface area contributed by atoms with E-state index in [4.69, 9.17) is 22.2 Å². The molecule has 1 aliphatic carbocycles. The Labute approximate surface area is 79.7 Å². The van der Waals surface area contributed by atoms with E-state index in [-0.39, 0.29) is 0 Å². The van der Waals surface area contributed by atoms with Gasteiger partial charge in [-0.15, -0.1) is 22.2 Å². The summed E-state index contributed by atoms with van der Waals surface area (Å²) in [4.78, 5) is 0. The van der Waals surface area contributed by atoms with Crippen molar-refractivity contribution < 1.29 is 0 Å². The number of halogens is 2. The molecule has 0 bridgehead atoms. The second kappa shape index (κ2) is 4.15. The Morgan fingerprint density at radius 1 is 1.18 bits per heavy atom. The molecular formula is C8H16Cl2Si. The van der Waals surface area contributed by atoms with E-state index in [2.05, 4.69) is 0 Å². The van der Waals surface area contributed by atoms with Crippen molar-refractivity contribution in [3.05, 3.63) is 0 Å². The fourth-order valence-electron chi connectivity index (χ4n) is 1.90. The molecule has 66 valence electrons. The van der Waals surface area contributed by atoms with E-state index in [1.165, 1.54) is 32.1 Å². The van der Waals surface area contributed by atoms with Gasteiger partial charge in [0.25, 0.3) is 0 Å². The van der Waals surface area contributed by atoms with Crippen LogP contribution in [0.15, 0.2) is 0 Å². The van der Waals surface area contributed by atoms with Gasteiger partial charge < -0.3 is 0 Å². The summed E-state index contributed by atoms with van der Waals surface area (Å²) >= 11 is 12.1. The highest BCUT2D eigenvalue weighted by Crippen LogP contribution is 2.33. The third-order valence-electron chi connectivity index (χ3n) is 2.37. The normalized spacial score (nSPS) is 22.1. The monoisotopic (exact) mass is 210 g/mol. The standard InChI is InChI=1S/C8H16Cl2Si/c1-11(9,10)7-8-5-3-2-4-6-8/h8H,2-7H2,1H3. The highest BCUT2D eigenvalue weighted by atomic mass is 35.7. The summed E-state index contributed by atoms with van der Waals surface area (Å²) < 4.78 is 0. The van der Waals surface area contributed by atoms with Crippen LogP contribution in [0.1, 0.15) is 32.1 Å². The van der Waals surface area contributed by atoms with Crippen LogP contribution in [0.25, 0.3) is 0 Å². The van der Waals surface area contributed by atoms with Gasteiger partial charge in [-0.3, -0.25) is 0 Å². The van der Waals surface area contributed by atoms with Crippen molar-refractivity contribution in [1.82, 2.24) is 0 Å². The van der Waals surface area contributed by atoms with Crippen LogP contribution in [0.2, 0.25) is 12.6 Å². The Balaban J connectivity index is 2.24. The molecule has 0 N–H and O–H groups in total. The van der Waals surface area contributed by atoms with Gasteiger partial charge in [-0.05, 0) is 18.5 Å². The lowest BCUT2D eigenvalue weighted by molar-refractivity contribution is 0.383. The minimum Gasteiger partial charge on any atom is -0.146 e. The lowest BCUT2D eigenvalue weighted by Gasteiger charge is -2.24. The molecule has 0 nitrogen and oxygen atoms in total. The summed E-state index contributed by atoms with van der Waals surface area (Å²) in [6, 6.07) is 1.11. The molecule has 0 aromatic heterocycles. The van der Waals surface area contributed by atoms with Crippen molar-refractivity contribution in [3.8, 4) is 0 Å². The molecule has 1 aliphatic rings. The zero-order chi connectivity index (χ0) is 8.32. The molecule has 0 atom stereocenters. The molecule has 1 fully saturated rings. The van der Waals surface area contributed by atoms with E-state index in [0.29, 0.717) is 0 Å². The van der Waals surface area contributed by atoms with Crippen molar-refractivity contribution in [1.29, 1.82) is 0 Å². The third kappa shape index (κ3) is 4.39. The Kier molecular flexibility index (Phi) is 3.73. The molecule has 0 spiro atoms. The summed E-state index contributed by atoms with van der Waals surface area (Å²) in [6.45, 7) is 0.232. The van der Waals surface area contributed by atoms with E-state index in [1.807, 2.05) is 6.55 Å². The predicted molar refractivity (Wildman–Crippen MR) is 54.7 cm³/mol. The van der Waals surface area contributed by atoms with Crippen molar-refractivity contribution in [2.75, 3.05) is 0 Å². The Morgan fingerprint density at radius 2 is 1.73 bits per heavy atom. The molecule has 1 saturated carbocycles. The van der Waals surface area contributed by atoms with Gasteiger partial charge in [0.1, 0.15) is 0 Å². The second-order valence-electron chi connectivity index (χ2n) is 3.78. The average molecular weight is 211 g/mol. The SMILES string of the molecule is C[Si](Cl)(Cl)CC1CCCCC1. The van der Waals surface area contributed by atoms with Gasteiger partial charge in [0.05, 0.1) is 0 Å². The van der Waals surface area contributed by atoms with Crippen molar-refractivity contribution in [2.45, 2.75) is 44.7 Å². The number of hydrogen-bond donors (Lipinski definition) is 0. The number of rotatable bonds is 2. The molecular weight excluding hydrogens is 195 g/mol. The maximum atomic E-state index is 6.07. The lowest BCUT2D eigenvalue weighted by atomic mass is 9.91. The lowest BCUT2D eigenvalue weighted by Crippen LogP contribution is -2.20. The Morgan fingerprint density at radius 3 is 2.18 bits per heavy atom. The molecule has 0 saturated heterocycles. The van der Waals surface area contributed by atoms with E-state index in [0.717, 1.165) is 12.0 Å². The molecule has 11 heavy (non-hydrogen) atoms. The summed E-state index contributed by atoms with van der Waals surface area (Å²) in [6.07, 6.45) is 6.93. The first-order chi connectivity index (χ1) is 5.08. The molecule has 1 rings (SSSR count). The first-order valence-electron chi connectivity index (χ1n) is 4.46. The summed E-state index contributed by atoms with van der Waals surface area (Å²) in [5, 5.41) is 0. The zero-order valence-corrected chi connectivity index (χ0v) is 9.59. The van der Waals surface area contributed by atoms with Gasteiger partial charge in [0.15, 0.2) is 0 Å². The van der Waals surface area contributed by atoms with Crippen LogP contribution in [0.3, 0.4) is 0 Å². The van der Waals surface area contributed by atoms with Crippen molar-refractivity contribution in [3.63, 3.8) is 0 Å². The minimum atomic E-state index is -1.80. The second-order valence-corrected chi connectivity index (χ2v) is 11.9. The third-order valence-corrected chi connectivity index (χ3v) is 4.59. The summed E-state index contributed by atoms with van der Waals surface area (Å²) in [5.41, 5.74) is 0. The van der Waals surface area contributed by atoms with Gasteiger partial charge in [-0.1, -0.05) is 32.1 Å². The average Bonchev–Trinajstić information content (AvgIpc) is 1.85. The van der Waals surface area contributed by atoms with E-state index in [9.17, 15) is 0 Å². The maximum absolute atomic E-state index is 6.07. The van der Waals surface area contributed by atoms with Gasteiger partial charge in [0, 0.05) is 0 Å². The molecule has 0 aliphatic heterocycles. The van der Waals surface area contributed by atoms with E-state index < -0.39 is 6.69 Å². The van der Waals surface area contributed by atoms with Crippen molar-refractivity contribution in [2.24, 2.45) is 5.92 Å². The van der Waals surface area contributed by atoms with E-state index >= 15 is 0 Å². The number of hydrogen-bond acceptors (Lipinski definition) is 0. The molecule has 3 heteroatoms. The molecule has 0 aromatic carbocycles. The molecule has 0 aromatic rings. The Bertz CT molecular complexity index is 114. The van der Waals surface area contributed by atoms with Crippen LogP contribution in [-0.2, 0) is 0 Å². The fraction of sp³-hybridized carbons (Fsp3) is 1.00. The highest BCUT2D eigenvalue weighted by Gasteiger charge is 2.26. The van der Waals surface area contributed by atoms with Gasteiger partial charge in [-0.2, -0.15) is 0 Å². The van der Waals surface area contributed by atoms with E-state index in [1.54, 1.807) is 0 Å². The first-order valence-corrected chi connectivity index (χ1v) is 9.19. The molecule has 0 radical (unpaired) electrons. The van der Waals surface area contributed by atoms with Crippen LogP contribution >= 0.6 is 22.2 Å². The van der Waals surface area contributed by atoms with Crippen molar-refractivity contribution >= 4 is 28.9 Å². The molecule has 0 amide bonds. The van der Waals surface area contributed by atoms with Crippen LogP contribution in [0, 0.1) is 5.92 Å². The molecule has 0 heterocycles. The zero-order valence-electron chi connectivity index (χ0n) is 7.08. The molecule has 0 unspecified atom stereocenters. The maximum Gasteiger partial charge on any atom is 0.248 e. The fourth-order valence-corrected chi connectivity index (χ4v) is 4.63. The summed E-state index contributed by atoms with van der Waals surface area (Å²) in [7, 11) is 0. The quantitative estimate of drug-likeness (QED) is 0.476. The minimum absolute atomic E-state index is 0.843. The predicted octanol–water partition coefficient (Wildman–Crippen LogP) is 4.12.